The van der Waals surface area contributed by atoms with E-state index in [-0.39, 0.29) is 17.7 Å². The molecule has 3 aliphatic rings. The van der Waals surface area contributed by atoms with Gasteiger partial charge in [0.25, 0.3) is 5.91 Å². The topological polar surface area (TPSA) is 66.4 Å². The maximum atomic E-state index is 13.7. The summed E-state index contributed by atoms with van der Waals surface area (Å²) < 4.78 is 0. The van der Waals surface area contributed by atoms with E-state index in [4.69, 9.17) is 0 Å². The number of benzene rings is 1. The van der Waals surface area contributed by atoms with Crippen LogP contribution < -0.4 is 4.90 Å². The summed E-state index contributed by atoms with van der Waals surface area (Å²) in [6, 6.07) is 8.14. The fourth-order valence-corrected chi connectivity index (χ4v) is 4.95. The number of aryl methyl sites for hydroxylation is 1. The normalized spacial score (nSPS) is 20.0. The minimum atomic E-state index is -0.00964. The SMILES string of the molecule is Cc1nc(C2CC2)ncc1C(=O)N1CCCCCCCCN(C(=O)C2CC2)c2ccccc2C1. The number of carbonyl (C=O) groups excluding carboxylic acids is 2. The van der Waals surface area contributed by atoms with Crippen molar-refractivity contribution in [1.29, 1.82) is 0 Å². The van der Waals surface area contributed by atoms with Gasteiger partial charge in [0, 0.05) is 43.4 Å². The van der Waals surface area contributed by atoms with Crippen LogP contribution in [-0.2, 0) is 11.3 Å². The van der Waals surface area contributed by atoms with Crippen LogP contribution >= 0.6 is 0 Å². The maximum absolute atomic E-state index is 13.7. The molecule has 0 spiro atoms. The quantitative estimate of drug-likeness (QED) is 0.615. The summed E-state index contributed by atoms with van der Waals surface area (Å²) in [5, 5.41) is 0. The maximum Gasteiger partial charge on any atom is 0.257 e. The molecule has 0 radical (unpaired) electrons. The largest absolute Gasteiger partial charge is 0.334 e. The molecule has 5 rings (SSSR count). The van der Waals surface area contributed by atoms with Crippen LogP contribution in [0.3, 0.4) is 0 Å². The number of aromatic nitrogens is 2. The van der Waals surface area contributed by atoms with E-state index in [0.717, 1.165) is 80.7 Å². The summed E-state index contributed by atoms with van der Waals surface area (Å²) in [5.41, 5.74) is 3.37. The third-order valence-electron chi connectivity index (χ3n) is 7.35. The van der Waals surface area contributed by atoms with Crippen molar-refractivity contribution in [3.05, 3.63) is 53.1 Å². The third kappa shape index (κ3) is 5.31. The molecule has 0 saturated heterocycles. The molecule has 180 valence electrons. The molecule has 2 saturated carbocycles. The summed E-state index contributed by atoms with van der Waals surface area (Å²) in [6.07, 6.45) is 12.6. The highest BCUT2D eigenvalue weighted by atomic mass is 16.2. The lowest BCUT2D eigenvalue weighted by Crippen LogP contribution is -2.36. The fraction of sp³-hybridized carbons (Fsp3) is 0.571. The molecule has 0 atom stereocenters. The lowest BCUT2D eigenvalue weighted by atomic mass is 10.1. The second-order valence-electron chi connectivity index (χ2n) is 10.2. The minimum absolute atomic E-state index is 0.00964. The molecular weight excluding hydrogens is 424 g/mol. The second-order valence-corrected chi connectivity index (χ2v) is 10.2. The number of hydrogen-bond acceptors (Lipinski definition) is 4. The first-order valence-electron chi connectivity index (χ1n) is 13.1. The predicted molar refractivity (Wildman–Crippen MR) is 133 cm³/mol. The van der Waals surface area contributed by atoms with E-state index < -0.39 is 0 Å². The number of amides is 2. The van der Waals surface area contributed by atoms with Crippen LogP contribution in [0, 0.1) is 12.8 Å². The molecule has 6 heteroatoms. The molecule has 2 aromatic rings. The van der Waals surface area contributed by atoms with Gasteiger partial charge in [-0.2, -0.15) is 0 Å². The van der Waals surface area contributed by atoms with Gasteiger partial charge in [0.2, 0.25) is 5.91 Å². The second kappa shape index (κ2) is 10.2. The van der Waals surface area contributed by atoms with Crippen molar-refractivity contribution in [2.24, 2.45) is 5.92 Å². The zero-order valence-corrected chi connectivity index (χ0v) is 20.3. The van der Waals surface area contributed by atoms with Gasteiger partial charge in [0.15, 0.2) is 0 Å². The summed E-state index contributed by atoms with van der Waals surface area (Å²) in [6.45, 7) is 3.88. The van der Waals surface area contributed by atoms with Gasteiger partial charge in [-0.1, -0.05) is 43.9 Å². The van der Waals surface area contributed by atoms with Crippen molar-refractivity contribution in [2.75, 3.05) is 18.0 Å². The van der Waals surface area contributed by atoms with E-state index in [9.17, 15) is 9.59 Å². The standard InChI is InChI=1S/C28H36N4O2/c1-20-24(18-29-26(30-20)21-12-13-21)28(34)31-16-8-4-2-3-5-9-17-32(27(33)22-14-15-22)25-11-7-6-10-23(25)19-31/h6-7,10-11,18,21-22H,2-5,8-9,12-17,19H2,1H3. The molecular formula is C28H36N4O2. The first-order valence-corrected chi connectivity index (χ1v) is 13.1. The van der Waals surface area contributed by atoms with Crippen LogP contribution in [-0.4, -0.2) is 39.8 Å². The molecule has 1 aliphatic heterocycles. The van der Waals surface area contributed by atoms with Gasteiger partial charge in [0.1, 0.15) is 5.82 Å². The molecule has 0 bridgehead atoms. The van der Waals surface area contributed by atoms with E-state index in [1.165, 1.54) is 12.8 Å². The lowest BCUT2D eigenvalue weighted by Gasteiger charge is -2.29. The van der Waals surface area contributed by atoms with Crippen LogP contribution in [0.15, 0.2) is 30.5 Å². The highest BCUT2D eigenvalue weighted by Crippen LogP contribution is 2.38. The lowest BCUT2D eigenvalue weighted by molar-refractivity contribution is -0.119. The van der Waals surface area contributed by atoms with Gasteiger partial charge in [-0.3, -0.25) is 9.59 Å². The van der Waals surface area contributed by atoms with Crippen molar-refractivity contribution >= 4 is 17.5 Å². The highest BCUT2D eigenvalue weighted by Gasteiger charge is 2.35. The number of rotatable bonds is 3. The molecule has 2 fully saturated rings. The zero-order valence-electron chi connectivity index (χ0n) is 20.3. The van der Waals surface area contributed by atoms with Crippen molar-refractivity contribution in [3.8, 4) is 0 Å². The van der Waals surface area contributed by atoms with Crippen molar-refractivity contribution in [3.63, 3.8) is 0 Å². The third-order valence-corrected chi connectivity index (χ3v) is 7.35. The van der Waals surface area contributed by atoms with Crippen LogP contribution in [0.5, 0.6) is 0 Å². The number of fused-ring (bicyclic) bond motifs is 1. The van der Waals surface area contributed by atoms with Crippen LogP contribution in [0.25, 0.3) is 0 Å². The predicted octanol–water partition coefficient (Wildman–Crippen LogP) is 5.40. The Bertz CT molecular complexity index is 1040. The molecule has 0 unspecified atom stereocenters. The van der Waals surface area contributed by atoms with E-state index in [2.05, 4.69) is 22.1 Å². The van der Waals surface area contributed by atoms with Crippen molar-refractivity contribution in [2.45, 2.75) is 83.6 Å². The molecule has 34 heavy (non-hydrogen) atoms. The van der Waals surface area contributed by atoms with Gasteiger partial charge in [-0.15, -0.1) is 0 Å². The summed E-state index contributed by atoms with van der Waals surface area (Å²) in [7, 11) is 0. The first kappa shape index (κ1) is 23.0. The summed E-state index contributed by atoms with van der Waals surface area (Å²) >= 11 is 0. The summed E-state index contributed by atoms with van der Waals surface area (Å²) in [4.78, 5) is 40.1. The molecule has 2 aliphatic carbocycles. The molecule has 1 aromatic carbocycles. The molecule has 1 aromatic heterocycles. The Morgan fingerprint density at radius 2 is 1.62 bits per heavy atom. The van der Waals surface area contributed by atoms with Crippen LogP contribution in [0.4, 0.5) is 5.69 Å². The van der Waals surface area contributed by atoms with Crippen molar-refractivity contribution in [1.82, 2.24) is 14.9 Å². The zero-order chi connectivity index (χ0) is 23.5. The smallest absolute Gasteiger partial charge is 0.257 e. The van der Waals surface area contributed by atoms with E-state index in [0.29, 0.717) is 24.6 Å². The van der Waals surface area contributed by atoms with Gasteiger partial charge in [0.05, 0.1) is 11.3 Å². The molecule has 2 heterocycles. The van der Waals surface area contributed by atoms with Gasteiger partial charge in [-0.05, 0) is 57.1 Å². The van der Waals surface area contributed by atoms with Gasteiger partial charge in [-0.25, -0.2) is 9.97 Å². The molecule has 2 amide bonds. The minimum Gasteiger partial charge on any atom is -0.334 e. The van der Waals surface area contributed by atoms with Crippen molar-refractivity contribution < 1.29 is 9.59 Å². The Kier molecular flexibility index (Phi) is 6.93. The Morgan fingerprint density at radius 1 is 0.912 bits per heavy atom. The Hall–Kier alpha value is -2.76. The molecule has 0 N–H and O–H groups in total. The first-order chi connectivity index (χ1) is 16.6. The molecule has 6 nitrogen and oxygen atoms in total. The Morgan fingerprint density at radius 3 is 2.32 bits per heavy atom. The average molecular weight is 461 g/mol. The number of hydrogen-bond donors (Lipinski definition) is 0. The highest BCUT2D eigenvalue weighted by molar-refractivity contribution is 5.97. The average Bonchev–Trinajstić information content (AvgIpc) is 3.74. The Balaban J connectivity index is 1.44. The van der Waals surface area contributed by atoms with E-state index in [1.54, 1.807) is 6.20 Å². The number of anilines is 1. The number of nitrogens with zero attached hydrogens (tertiary/aromatic N) is 4. The monoisotopic (exact) mass is 460 g/mol. The number of para-hydroxylation sites is 1. The Labute approximate surface area is 202 Å². The van der Waals surface area contributed by atoms with Gasteiger partial charge >= 0.3 is 0 Å². The van der Waals surface area contributed by atoms with Crippen LogP contribution in [0.2, 0.25) is 0 Å². The number of carbonyl (C=O) groups is 2. The van der Waals surface area contributed by atoms with Gasteiger partial charge < -0.3 is 9.80 Å². The fourth-order valence-electron chi connectivity index (χ4n) is 4.95. The van der Waals surface area contributed by atoms with Crippen LogP contribution in [0.1, 0.15) is 97.6 Å². The van der Waals surface area contributed by atoms with E-state index in [1.807, 2.05) is 28.9 Å². The van der Waals surface area contributed by atoms with E-state index >= 15 is 0 Å². The summed E-state index contributed by atoms with van der Waals surface area (Å²) in [5.74, 6) is 1.75.